The Morgan fingerprint density at radius 2 is 2.10 bits per heavy atom. The summed E-state index contributed by atoms with van der Waals surface area (Å²) in [6, 6.07) is 6.15. The Kier molecular flexibility index (Phi) is 4.81. The van der Waals surface area contributed by atoms with Gasteiger partial charge >= 0.3 is 0 Å². The fraction of sp³-hybridized carbons (Fsp3) is 0.588. The van der Waals surface area contributed by atoms with E-state index in [9.17, 15) is 4.79 Å². The first kappa shape index (κ1) is 14.9. The molecule has 0 bridgehead atoms. The van der Waals surface area contributed by atoms with Crippen LogP contribution in [-0.2, 0) is 11.2 Å². The zero-order valence-corrected chi connectivity index (χ0v) is 13.1. The predicted octanol–water partition coefficient (Wildman–Crippen LogP) is 3.22. The second-order valence-corrected chi connectivity index (χ2v) is 6.61. The van der Waals surface area contributed by atoms with Gasteiger partial charge in [-0.15, -0.1) is 0 Å². The summed E-state index contributed by atoms with van der Waals surface area (Å²) in [6.07, 6.45) is 6.01. The Labute approximate surface area is 131 Å². The number of rotatable bonds is 4. The maximum absolute atomic E-state index is 12.2. The number of halogens is 1. The molecule has 3 nitrogen and oxygen atoms in total. The van der Waals surface area contributed by atoms with Crippen LogP contribution >= 0.6 is 11.6 Å². The third kappa shape index (κ3) is 3.58. The van der Waals surface area contributed by atoms with Gasteiger partial charge in [0.2, 0.25) is 5.91 Å². The van der Waals surface area contributed by atoms with Gasteiger partial charge in [-0.3, -0.25) is 4.79 Å². The van der Waals surface area contributed by atoms with Gasteiger partial charge in [0.15, 0.2) is 0 Å². The third-order valence-electron chi connectivity index (χ3n) is 4.79. The van der Waals surface area contributed by atoms with Crippen LogP contribution in [0.3, 0.4) is 0 Å². The number of hydrogen-bond donors (Lipinski definition) is 2. The molecule has 1 aromatic rings. The molecule has 1 atom stereocenters. The fourth-order valence-corrected chi connectivity index (χ4v) is 3.81. The lowest BCUT2D eigenvalue weighted by atomic mass is 9.93. The van der Waals surface area contributed by atoms with Crippen LogP contribution in [0.2, 0.25) is 5.02 Å². The average Bonchev–Trinajstić information content (AvgIpc) is 2.91. The Balaban J connectivity index is 1.51. The SMILES string of the molecule is O=C(CCC1CCNCC1)NC1CCc2c(Cl)cccc21. The summed E-state index contributed by atoms with van der Waals surface area (Å²) in [4.78, 5) is 12.2. The first-order valence-electron chi connectivity index (χ1n) is 8.01. The van der Waals surface area contributed by atoms with E-state index in [1.807, 2.05) is 12.1 Å². The van der Waals surface area contributed by atoms with Crippen molar-refractivity contribution >= 4 is 17.5 Å². The standard InChI is InChI=1S/C17H23ClN2O/c18-15-3-1-2-14-13(15)5-6-16(14)20-17(21)7-4-12-8-10-19-11-9-12/h1-3,12,16,19H,4-11H2,(H,20,21). The van der Waals surface area contributed by atoms with Gasteiger partial charge in [0.25, 0.3) is 0 Å². The first-order chi connectivity index (χ1) is 10.2. The summed E-state index contributed by atoms with van der Waals surface area (Å²) in [5, 5.41) is 7.39. The molecule has 2 N–H and O–H groups in total. The van der Waals surface area contributed by atoms with Gasteiger partial charge in [0.05, 0.1) is 6.04 Å². The highest BCUT2D eigenvalue weighted by molar-refractivity contribution is 6.31. The quantitative estimate of drug-likeness (QED) is 0.897. The molecule has 2 aliphatic rings. The fourth-order valence-electron chi connectivity index (χ4n) is 3.53. The lowest BCUT2D eigenvalue weighted by Gasteiger charge is -2.22. The van der Waals surface area contributed by atoms with Crippen LogP contribution in [0.1, 0.15) is 49.3 Å². The Morgan fingerprint density at radius 1 is 1.29 bits per heavy atom. The van der Waals surface area contributed by atoms with Crippen molar-refractivity contribution in [3.05, 3.63) is 34.3 Å². The zero-order valence-electron chi connectivity index (χ0n) is 12.3. The Morgan fingerprint density at radius 3 is 2.90 bits per heavy atom. The molecule has 1 unspecified atom stereocenters. The van der Waals surface area contributed by atoms with E-state index >= 15 is 0 Å². The minimum Gasteiger partial charge on any atom is -0.349 e. The number of benzene rings is 1. The maximum Gasteiger partial charge on any atom is 0.220 e. The van der Waals surface area contributed by atoms with Crippen molar-refractivity contribution in [2.24, 2.45) is 5.92 Å². The molecule has 1 aromatic carbocycles. The van der Waals surface area contributed by atoms with Gasteiger partial charge in [0.1, 0.15) is 0 Å². The number of carbonyl (C=O) groups excluding carboxylic acids is 1. The van der Waals surface area contributed by atoms with E-state index in [-0.39, 0.29) is 11.9 Å². The van der Waals surface area contributed by atoms with Crippen molar-refractivity contribution in [3.8, 4) is 0 Å². The van der Waals surface area contributed by atoms with Gasteiger partial charge in [-0.05, 0) is 68.3 Å². The number of carbonyl (C=O) groups is 1. The summed E-state index contributed by atoms with van der Waals surface area (Å²) in [5.41, 5.74) is 2.42. The monoisotopic (exact) mass is 306 g/mol. The largest absolute Gasteiger partial charge is 0.349 e. The van der Waals surface area contributed by atoms with Crippen molar-refractivity contribution in [2.75, 3.05) is 13.1 Å². The van der Waals surface area contributed by atoms with Crippen LogP contribution in [0, 0.1) is 5.92 Å². The van der Waals surface area contributed by atoms with Gasteiger partial charge < -0.3 is 10.6 Å². The highest BCUT2D eigenvalue weighted by Gasteiger charge is 2.25. The number of hydrogen-bond acceptors (Lipinski definition) is 2. The number of nitrogens with one attached hydrogen (secondary N) is 2. The highest BCUT2D eigenvalue weighted by atomic mass is 35.5. The van der Waals surface area contributed by atoms with E-state index in [1.165, 1.54) is 24.0 Å². The van der Waals surface area contributed by atoms with Crippen LogP contribution in [0.15, 0.2) is 18.2 Å². The molecule has 1 amide bonds. The molecule has 0 spiro atoms. The van der Waals surface area contributed by atoms with E-state index in [4.69, 9.17) is 11.6 Å². The molecule has 114 valence electrons. The van der Waals surface area contributed by atoms with Crippen LogP contribution in [0.25, 0.3) is 0 Å². The molecule has 0 radical (unpaired) electrons. The molecule has 4 heteroatoms. The maximum atomic E-state index is 12.2. The molecular formula is C17H23ClN2O. The number of piperidine rings is 1. The van der Waals surface area contributed by atoms with Crippen molar-refractivity contribution in [3.63, 3.8) is 0 Å². The molecule has 1 saturated heterocycles. The van der Waals surface area contributed by atoms with Crippen molar-refractivity contribution in [1.29, 1.82) is 0 Å². The zero-order chi connectivity index (χ0) is 14.7. The van der Waals surface area contributed by atoms with Crippen LogP contribution in [0.4, 0.5) is 0 Å². The number of fused-ring (bicyclic) bond motifs is 1. The second-order valence-electron chi connectivity index (χ2n) is 6.20. The van der Waals surface area contributed by atoms with Crippen LogP contribution in [0.5, 0.6) is 0 Å². The smallest absolute Gasteiger partial charge is 0.220 e. The van der Waals surface area contributed by atoms with Crippen LogP contribution in [-0.4, -0.2) is 19.0 Å². The minimum absolute atomic E-state index is 0.152. The molecule has 1 fully saturated rings. The van der Waals surface area contributed by atoms with Gasteiger partial charge in [-0.25, -0.2) is 0 Å². The summed E-state index contributed by atoms with van der Waals surface area (Å²) < 4.78 is 0. The Bertz CT molecular complexity index is 512. The summed E-state index contributed by atoms with van der Waals surface area (Å²) >= 11 is 6.22. The summed E-state index contributed by atoms with van der Waals surface area (Å²) in [5.74, 6) is 0.897. The molecule has 1 aliphatic carbocycles. The molecule has 21 heavy (non-hydrogen) atoms. The van der Waals surface area contributed by atoms with Gasteiger partial charge in [-0.1, -0.05) is 23.7 Å². The number of amides is 1. The van der Waals surface area contributed by atoms with E-state index in [1.54, 1.807) is 0 Å². The Hall–Kier alpha value is -1.06. The first-order valence-corrected chi connectivity index (χ1v) is 8.39. The minimum atomic E-state index is 0.152. The predicted molar refractivity (Wildman–Crippen MR) is 85.5 cm³/mol. The van der Waals surface area contributed by atoms with Gasteiger partial charge in [-0.2, -0.15) is 0 Å². The van der Waals surface area contributed by atoms with E-state index in [0.717, 1.165) is 37.4 Å². The van der Waals surface area contributed by atoms with E-state index < -0.39 is 0 Å². The van der Waals surface area contributed by atoms with Crippen molar-refractivity contribution < 1.29 is 4.79 Å². The highest BCUT2D eigenvalue weighted by Crippen LogP contribution is 2.35. The molecular weight excluding hydrogens is 284 g/mol. The van der Waals surface area contributed by atoms with Crippen LogP contribution < -0.4 is 10.6 Å². The second kappa shape index (κ2) is 6.80. The van der Waals surface area contributed by atoms with E-state index in [2.05, 4.69) is 16.7 Å². The molecule has 3 rings (SSSR count). The van der Waals surface area contributed by atoms with E-state index in [0.29, 0.717) is 12.3 Å². The average molecular weight is 307 g/mol. The summed E-state index contributed by atoms with van der Waals surface area (Å²) in [7, 11) is 0. The van der Waals surface area contributed by atoms with Crippen molar-refractivity contribution in [1.82, 2.24) is 10.6 Å². The molecule has 1 aliphatic heterocycles. The van der Waals surface area contributed by atoms with Gasteiger partial charge in [0, 0.05) is 11.4 Å². The molecule has 1 heterocycles. The lowest BCUT2D eigenvalue weighted by Crippen LogP contribution is -2.30. The third-order valence-corrected chi connectivity index (χ3v) is 5.14. The normalized spacial score (nSPS) is 22.0. The topological polar surface area (TPSA) is 41.1 Å². The lowest BCUT2D eigenvalue weighted by molar-refractivity contribution is -0.122. The van der Waals surface area contributed by atoms with Crippen molar-refractivity contribution in [2.45, 2.75) is 44.6 Å². The molecule has 0 saturated carbocycles. The summed E-state index contributed by atoms with van der Waals surface area (Å²) in [6.45, 7) is 2.20. The molecule has 0 aromatic heterocycles.